The van der Waals surface area contributed by atoms with Gasteiger partial charge in [0.2, 0.25) is 0 Å². The zero-order chi connectivity index (χ0) is 23.1. The largest absolute Gasteiger partial charge is 0.493 e. The van der Waals surface area contributed by atoms with Crippen LogP contribution in [-0.4, -0.2) is 24.2 Å². The third kappa shape index (κ3) is 6.17. The molecule has 3 aromatic rings. The smallest absolute Gasteiger partial charge is 0.271 e. The van der Waals surface area contributed by atoms with Crippen molar-refractivity contribution in [1.82, 2.24) is 5.43 Å². The molecule has 1 N–H and O–H groups in total. The number of ether oxygens (including phenoxy) is 2. The van der Waals surface area contributed by atoms with Gasteiger partial charge in [0.1, 0.15) is 6.61 Å². The molecule has 0 unspecified atom stereocenters. The molecule has 0 radical (unpaired) electrons. The lowest BCUT2D eigenvalue weighted by Gasteiger charge is -2.13. The number of carbonyl (C=O) groups is 1. The van der Waals surface area contributed by atoms with Gasteiger partial charge in [-0.15, -0.1) is 0 Å². The zero-order valence-corrected chi connectivity index (χ0v) is 19.7. The van der Waals surface area contributed by atoms with E-state index in [0.717, 1.165) is 3.57 Å². The number of nitrogens with one attached hydrogen (secondary N) is 1. The predicted molar refractivity (Wildman–Crippen MR) is 130 cm³/mol. The summed E-state index contributed by atoms with van der Waals surface area (Å²) < 4.78 is 12.0. The number of nitro groups is 1. The quantitative estimate of drug-likeness (QED) is 0.175. The van der Waals surface area contributed by atoms with Crippen LogP contribution >= 0.6 is 34.2 Å². The molecule has 10 heteroatoms. The first kappa shape index (κ1) is 23.5. The highest BCUT2D eigenvalue weighted by Gasteiger charge is 2.13. The van der Waals surface area contributed by atoms with E-state index in [1.54, 1.807) is 42.5 Å². The third-order valence-electron chi connectivity index (χ3n) is 4.24. The number of hydrogen-bond acceptors (Lipinski definition) is 6. The molecule has 3 aromatic carbocycles. The van der Waals surface area contributed by atoms with Crippen LogP contribution in [0.3, 0.4) is 0 Å². The number of non-ortho nitro benzene ring substituents is 1. The summed E-state index contributed by atoms with van der Waals surface area (Å²) in [6, 6.07) is 16.2. The highest BCUT2D eigenvalue weighted by atomic mass is 127. The normalized spacial score (nSPS) is 10.7. The van der Waals surface area contributed by atoms with Crippen LogP contribution in [0.2, 0.25) is 5.02 Å². The number of carbonyl (C=O) groups excluding carboxylic acids is 1. The molecular formula is C22H17ClIN3O5. The fourth-order valence-electron chi connectivity index (χ4n) is 2.70. The van der Waals surface area contributed by atoms with E-state index < -0.39 is 4.92 Å². The van der Waals surface area contributed by atoms with Gasteiger partial charge in [0.05, 0.1) is 21.8 Å². The molecule has 3 rings (SSSR count). The molecule has 0 aliphatic carbocycles. The Bertz CT molecular complexity index is 1170. The molecule has 0 heterocycles. The Kier molecular flexibility index (Phi) is 8.01. The van der Waals surface area contributed by atoms with E-state index in [1.807, 2.05) is 6.07 Å². The molecule has 0 aliphatic heterocycles. The Morgan fingerprint density at radius 1 is 1.22 bits per heavy atom. The molecule has 8 nitrogen and oxygen atoms in total. The minimum absolute atomic E-state index is 0.0000289. The number of hydrogen-bond donors (Lipinski definition) is 1. The van der Waals surface area contributed by atoms with Crippen LogP contribution in [0.25, 0.3) is 0 Å². The Balaban J connectivity index is 1.69. The fourth-order valence-corrected chi connectivity index (χ4v) is 3.61. The van der Waals surface area contributed by atoms with Crippen LogP contribution in [0.5, 0.6) is 11.5 Å². The first-order valence-corrected chi connectivity index (χ1v) is 10.7. The van der Waals surface area contributed by atoms with Gasteiger partial charge >= 0.3 is 0 Å². The lowest BCUT2D eigenvalue weighted by Crippen LogP contribution is -2.17. The zero-order valence-electron chi connectivity index (χ0n) is 16.7. The van der Waals surface area contributed by atoms with Crippen LogP contribution in [0.15, 0.2) is 65.8 Å². The van der Waals surface area contributed by atoms with Crippen molar-refractivity contribution in [3.63, 3.8) is 0 Å². The predicted octanol–water partition coefficient (Wildman–Crippen LogP) is 5.20. The SMILES string of the molecule is COc1cc(/C=N\NC(=O)c2ccc(Cl)cc2)cc(I)c1OCc1cccc([N+](=O)[O-])c1. The second-order valence-electron chi connectivity index (χ2n) is 6.46. The molecule has 0 fully saturated rings. The number of amides is 1. The monoisotopic (exact) mass is 565 g/mol. The number of hydrazone groups is 1. The van der Waals surface area contributed by atoms with Gasteiger partial charge in [0.25, 0.3) is 11.6 Å². The highest BCUT2D eigenvalue weighted by Crippen LogP contribution is 2.34. The van der Waals surface area contributed by atoms with Gasteiger partial charge < -0.3 is 9.47 Å². The summed E-state index contributed by atoms with van der Waals surface area (Å²) >= 11 is 7.92. The number of nitrogens with zero attached hydrogens (tertiary/aromatic N) is 2. The number of rotatable bonds is 8. The van der Waals surface area contributed by atoms with Crippen molar-refractivity contribution >= 4 is 52.0 Å². The van der Waals surface area contributed by atoms with E-state index in [0.29, 0.717) is 33.2 Å². The molecule has 0 bridgehead atoms. The summed E-state index contributed by atoms with van der Waals surface area (Å²) in [4.78, 5) is 22.6. The van der Waals surface area contributed by atoms with E-state index >= 15 is 0 Å². The Morgan fingerprint density at radius 2 is 1.97 bits per heavy atom. The molecule has 0 aromatic heterocycles. The summed E-state index contributed by atoms with van der Waals surface area (Å²) in [6.45, 7) is 0.138. The van der Waals surface area contributed by atoms with E-state index in [2.05, 4.69) is 33.1 Å². The fraction of sp³-hybridized carbons (Fsp3) is 0.0909. The van der Waals surface area contributed by atoms with Gasteiger partial charge in [0, 0.05) is 22.7 Å². The molecule has 0 saturated carbocycles. The van der Waals surface area contributed by atoms with Crippen LogP contribution in [0, 0.1) is 13.7 Å². The third-order valence-corrected chi connectivity index (χ3v) is 5.30. The van der Waals surface area contributed by atoms with Crippen LogP contribution in [-0.2, 0) is 6.61 Å². The molecule has 0 spiro atoms. The topological polar surface area (TPSA) is 103 Å². The van der Waals surface area contributed by atoms with Crippen molar-refractivity contribution in [2.75, 3.05) is 7.11 Å². The summed E-state index contributed by atoms with van der Waals surface area (Å²) in [7, 11) is 1.51. The van der Waals surface area contributed by atoms with Crippen molar-refractivity contribution in [2.45, 2.75) is 6.61 Å². The Labute approximate surface area is 202 Å². The maximum atomic E-state index is 12.1. The average molecular weight is 566 g/mol. The molecule has 32 heavy (non-hydrogen) atoms. The molecule has 1 amide bonds. The minimum Gasteiger partial charge on any atom is -0.493 e. The summed E-state index contributed by atoms with van der Waals surface area (Å²) in [5.41, 5.74) is 4.24. The number of halogens is 2. The first-order chi connectivity index (χ1) is 15.4. The second kappa shape index (κ2) is 10.9. The first-order valence-electron chi connectivity index (χ1n) is 9.20. The number of benzene rings is 3. The summed E-state index contributed by atoms with van der Waals surface area (Å²) in [5, 5.41) is 15.5. The lowest BCUT2D eigenvalue weighted by atomic mass is 10.2. The minimum atomic E-state index is -0.451. The molecular weight excluding hydrogens is 549 g/mol. The maximum Gasteiger partial charge on any atom is 0.271 e. The van der Waals surface area contributed by atoms with E-state index in [4.69, 9.17) is 21.1 Å². The molecule has 164 valence electrons. The lowest BCUT2D eigenvalue weighted by molar-refractivity contribution is -0.384. The van der Waals surface area contributed by atoms with Crippen molar-refractivity contribution in [1.29, 1.82) is 0 Å². The second-order valence-corrected chi connectivity index (χ2v) is 8.05. The average Bonchev–Trinajstić information content (AvgIpc) is 2.78. The number of methoxy groups -OCH3 is 1. The van der Waals surface area contributed by atoms with Crippen LogP contribution < -0.4 is 14.9 Å². The maximum absolute atomic E-state index is 12.1. The van der Waals surface area contributed by atoms with Gasteiger partial charge in [-0.05, 0) is 70.1 Å². The van der Waals surface area contributed by atoms with Crippen molar-refractivity contribution in [2.24, 2.45) is 5.10 Å². The van der Waals surface area contributed by atoms with E-state index in [9.17, 15) is 14.9 Å². The van der Waals surface area contributed by atoms with Gasteiger partial charge in [-0.25, -0.2) is 5.43 Å². The highest BCUT2D eigenvalue weighted by molar-refractivity contribution is 14.1. The molecule has 0 saturated heterocycles. The summed E-state index contributed by atoms with van der Waals surface area (Å²) in [6.07, 6.45) is 1.49. The Hall–Kier alpha value is -3.18. The summed E-state index contributed by atoms with van der Waals surface area (Å²) in [5.74, 6) is 0.603. The van der Waals surface area contributed by atoms with Crippen molar-refractivity contribution < 1.29 is 19.2 Å². The van der Waals surface area contributed by atoms with Gasteiger partial charge in [0.15, 0.2) is 11.5 Å². The van der Waals surface area contributed by atoms with E-state index in [-0.39, 0.29) is 18.2 Å². The number of nitro benzene ring substituents is 1. The van der Waals surface area contributed by atoms with Crippen molar-refractivity contribution in [3.8, 4) is 11.5 Å². The molecule has 0 aliphatic rings. The van der Waals surface area contributed by atoms with Crippen molar-refractivity contribution in [3.05, 3.63) is 96.1 Å². The van der Waals surface area contributed by atoms with Crippen LogP contribution in [0.4, 0.5) is 5.69 Å². The van der Waals surface area contributed by atoms with Gasteiger partial charge in [-0.1, -0.05) is 23.7 Å². The Morgan fingerprint density at radius 3 is 2.66 bits per heavy atom. The van der Waals surface area contributed by atoms with E-state index in [1.165, 1.54) is 25.5 Å². The van der Waals surface area contributed by atoms with Gasteiger partial charge in [-0.2, -0.15) is 5.10 Å². The van der Waals surface area contributed by atoms with Gasteiger partial charge in [-0.3, -0.25) is 14.9 Å². The molecule has 0 atom stereocenters. The standard InChI is InChI=1S/C22H17ClIN3O5/c1-31-20-11-15(12-25-26-22(28)16-5-7-17(23)8-6-16)10-19(24)21(20)32-13-14-3-2-4-18(9-14)27(29)30/h2-12H,13H2,1H3,(H,26,28)/b25-12-. The van der Waals surface area contributed by atoms with Crippen LogP contribution in [0.1, 0.15) is 21.5 Å².